The zero-order valence-electron chi connectivity index (χ0n) is 13.9. The molecule has 0 saturated carbocycles. The van der Waals surface area contributed by atoms with Crippen molar-refractivity contribution in [3.8, 4) is 11.5 Å². The number of aryl methyl sites for hydroxylation is 1. The van der Waals surface area contributed by atoms with Gasteiger partial charge in [0, 0.05) is 5.57 Å². The summed E-state index contributed by atoms with van der Waals surface area (Å²) in [7, 11) is 0. The Hall–Kier alpha value is -2.75. The minimum atomic E-state index is -0.401. The highest BCUT2D eigenvalue weighted by molar-refractivity contribution is 5.87. The molecule has 0 saturated heterocycles. The third kappa shape index (κ3) is 4.88. The third-order valence-corrected chi connectivity index (χ3v) is 3.90. The van der Waals surface area contributed by atoms with E-state index in [2.05, 4.69) is 0 Å². The van der Waals surface area contributed by atoms with E-state index >= 15 is 0 Å². The number of rotatable bonds is 6. The van der Waals surface area contributed by atoms with Crippen LogP contribution in [-0.2, 0) is 16.0 Å². The summed E-state index contributed by atoms with van der Waals surface area (Å²) in [5, 5.41) is 18.8. The van der Waals surface area contributed by atoms with Crippen molar-refractivity contribution < 1.29 is 19.7 Å². The van der Waals surface area contributed by atoms with Crippen molar-refractivity contribution in [2.45, 2.75) is 32.8 Å². The zero-order valence-corrected chi connectivity index (χ0v) is 13.9. The summed E-state index contributed by atoms with van der Waals surface area (Å²) in [6, 6.07) is 13.7. The van der Waals surface area contributed by atoms with Gasteiger partial charge in [-0.15, -0.1) is 0 Å². The van der Waals surface area contributed by atoms with Crippen LogP contribution in [0, 0.1) is 0 Å². The fourth-order valence-electron chi connectivity index (χ4n) is 2.28. The van der Waals surface area contributed by atoms with Crippen molar-refractivity contribution >= 4 is 5.97 Å². The van der Waals surface area contributed by atoms with E-state index in [1.807, 2.05) is 12.1 Å². The highest BCUT2D eigenvalue weighted by Gasteiger charge is 2.18. The van der Waals surface area contributed by atoms with Crippen molar-refractivity contribution in [3.05, 3.63) is 71.3 Å². The number of phenolic OH excluding ortho intramolecular Hbond substituents is 2. The molecule has 0 amide bonds. The number of hydrogen-bond acceptors (Lipinski definition) is 4. The van der Waals surface area contributed by atoms with Crippen LogP contribution in [0.2, 0.25) is 0 Å². The molecular formula is C20H22O4. The lowest BCUT2D eigenvalue weighted by Crippen LogP contribution is -2.13. The highest BCUT2D eigenvalue weighted by Crippen LogP contribution is 2.26. The van der Waals surface area contributed by atoms with Crippen molar-refractivity contribution in [2.24, 2.45) is 0 Å². The Labute approximate surface area is 142 Å². The Morgan fingerprint density at radius 1 is 1.04 bits per heavy atom. The fourth-order valence-corrected chi connectivity index (χ4v) is 2.28. The minimum absolute atomic E-state index is 0.173. The van der Waals surface area contributed by atoms with Gasteiger partial charge in [0.1, 0.15) is 17.6 Å². The quantitative estimate of drug-likeness (QED) is 0.614. The van der Waals surface area contributed by atoms with Gasteiger partial charge in [0.25, 0.3) is 0 Å². The molecular weight excluding hydrogens is 304 g/mol. The molecule has 2 aromatic rings. The van der Waals surface area contributed by atoms with Gasteiger partial charge in [0.2, 0.25) is 0 Å². The van der Waals surface area contributed by atoms with Gasteiger partial charge in [0.05, 0.1) is 0 Å². The maximum Gasteiger partial charge on any atom is 0.333 e. The van der Waals surface area contributed by atoms with E-state index in [-0.39, 0.29) is 17.5 Å². The molecule has 2 rings (SSSR count). The van der Waals surface area contributed by atoms with E-state index in [0.29, 0.717) is 18.4 Å². The summed E-state index contributed by atoms with van der Waals surface area (Å²) in [5.74, 6) is 0.0530. The van der Waals surface area contributed by atoms with E-state index in [9.17, 15) is 15.0 Å². The number of allylic oxidation sites excluding steroid dienone is 1. The lowest BCUT2D eigenvalue weighted by Gasteiger charge is -2.19. The second kappa shape index (κ2) is 8.20. The molecule has 0 aromatic heterocycles. The summed E-state index contributed by atoms with van der Waals surface area (Å²) in [6.07, 6.45) is 2.63. The smallest absolute Gasteiger partial charge is 0.333 e. The molecule has 4 nitrogen and oxygen atoms in total. The molecule has 2 aromatic carbocycles. The normalized spacial score (nSPS) is 12.7. The Kier molecular flexibility index (Phi) is 6.01. The molecule has 0 aliphatic heterocycles. The summed E-state index contributed by atoms with van der Waals surface area (Å²) in [4.78, 5) is 12.1. The molecule has 4 heteroatoms. The number of hydrogen-bond donors (Lipinski definition) is 2. The SMILES string of the molecule is CC=C(C)C(=O)OC(CCc1ccc(O)cc1)c1ccc(O)cc1. The molecule has 0 aliphatic rings. The lowest BCUT2D eigenvalue weighted by molar-refractivity contribution is -0.145. The first-order valence-electron chi connectivity index (χ1n) is 7.90. The van der Waals surface area contributed by atoms with Crippen molar-refractivity contribution in [3.63, 3.8) is 0 Å². The molecule has 1 unspecified atom stereocenters. The number of ether oxygens (including phenoxy) is 1. The predicted octanol–water partition coefficient (Wildman–Crippen LogP) is 4.28. The number of esters is 1. The van der Waals surface area contributed by atoms with Crippen LogP contribution in [0.1, 0.15) is 37.5 Å². The maximum atomic E-state index is 12.1. The van der Waals surface area contributed by atoms with Crippen LogP contribution >= 0.6 is 0 Å². The molecule has 1 atom stereocenters. The van der Waals surface area contributed by atoms with Crippen LogP contribution in [-0.4, -0.2) is 16.2 Å². The van der Waals surface area contributed by atoms with E-state index in [1.54, 1.807) is 56.3 Å². The van der Waals surface area contributed by atoms with Crippen molar-refractivity contribution in [2.75, 3.05) is 0 Å². The highest BCUT2D eigenvalue weighted by atomic mass is 16.5. The number of carbonyl (C=O) groups excluding carboxylic acids is 1. The number of carbonyl (C=O) groups is 1. The average Bonchev–Trinajstić information content (AvgIpc) is 2.59. The maximum absolute atomic E-state index is 12.1. The standard InChI is InChI=1S/C20H22O4/c1-3-14(2)20(23)24-19(16-7-11-18(22)12-8-16)13-6-15-4-9-17(21)10-5-15/h3-5,7-12,19,21-22H,6,13H2,1-2H3. The Bertz CT molecular complexity index is 699. The van der Waals surface area contributed by atoms with E-state index in [1.165, 1.54) is 0 Å². The lowest BCUT2D eigenvalue weighted by atomic mass is 10.0. The molecule has 0 spiro atoms. The van der Waals surface area contributed by atoms with Crippen LogP contribution in [0.4, 0.5) is 0 Å². The largest absolute Gasteiger partial charge is 0.508 e. The molecule has 2 N–H and O–H groups in total. The van der Waals surface area contributed by atoms with Gasteiger partial charge in [-0.05, 0) is 62.1 Å². The Morgan fingerprint density at radius 3 is 2.12 bits per heavy atom. The second-order valence-corrected chi connectivity index (χ2v) is 5.66. The summed E-state index contributed by atoms with van der Waals surface area (Å²) in [5.41, 5.74) is 2.45. The van der Waals surface area contributed by atoms with Gasteiger partial charge >= 0.3 is 5.97 Å². The fraction of sp³-hybridized carbons (Fsp3) is 0.250. The first-order valence-corrected chi connectivity index (χ1v) is 7.90. The Morgan fingerprint density at radius 2 is 1.58 bits per heavy atom. The number of phenols is 2. The monoisotopic (exact) mass is 326 g/mol. The van der Waals surface area contributed by atoms with E-state index in [4.69, 9.17) is 4.74 Å². The number of benzene rings is 2. The van der Waals surface area contributed by atoms with Crippen LogP contribution in [0.25, 0.3) is 0 Å². The van der Waals surface area contributed by atoms with Gasteiger partial charge < -0.3 is 14.9 Å². The molecule has 0 fully saturated rings. The van der Waals surface area contributed by atoms with E-state index in [0.717, 1.165) is 11.1 Å². The topological polar surface area (TPSA) is 66.8 Å². The van der Waals surface area contributed by atoms with Crippen LogP contribution in [0.5, 0.6) is 11.5 Å². The zero-order chi connectivity index (χ0) is 17.5. The van der Waals surface area contributed by atoms with Gasteiger partial charge in [0.15, 0.2) is 0 Å². The first-order chi connectivity index (χ1) is 11.5. The molecule has 0 bridgehead atoms. The molecule has 0 radical (unpaired) electrons. The van der Waals surface area contributed by atoms with Crippen molar-refractivity contribution in [1.29, 1.82) is 0 Å². The predicted molar refractivity (Wildman–Crippen MR) is 92.8 cm³/mol. The summed E-state index contributed by atoms with van der Waals surface area (Å²) >= 11 is 0. The average molecular weight is 326 g/mol. The summed E-state index contributed by atoms with van der Waals surface area (Å²) in [6.45, 7) is 3.51. The molecule has 126 valence electrons. The van der Waals surface area contributed by atoms with Gasteiger partial charge in [-0.1, -0.05) is 30.3 Å². The number of aromatic hydroxyl groups is 2. The third-order valence-electron chi connectivity index (χ3n) is 3.90. The van der Waals surface area contributed by atoms with Crippen LogP contribution in [0.3, 0.4) is 0 Å². The Balaban J connectivity index is 2.13. The van der Waals surface area contributed by atoms with Crippen LogP contribution < -0.4 is 0 Å². The van der Waals surface area contributed by atoms with Gasteiger partial charge in [-0.2, -0.15) is 0 Å². The minimum Gasteiger partial charge on any atom is -0.508 e. The molecule has 0 heterocycles. The first kappa shape index (κ1) is 17.6. The van der Waals surface area contributed by atoms with Crippen LogP contribution in [0.15, 0.2) is 60.2 Å². The second-order valence-electron chi connectivity index (χ2n) is 5.66. The van der Waals surface area contributed by atoms with Crippen molar-refractivity contribution in [1.82, 2.24) is 0 Å². The van der Waals surface area contributed by atoms with Gasteiger partial charge in [-0.3, -0.25) is 0 Å². The molecule has 0 aliphatic carbocycles. The summed E-state index contributed by atoms with van der Waals surface area (Å²) < 4.78 is 5.64. The van der Waals surface area contributed by atoms with Gasteiger partial charge in [-0.25, -0.2) is 4.79 Å². The molecule has 24 heavy (non-hydrogen) atoms. The van der Waals surface area contributed by atoms with E-state index < -0.39 is 6.10 Å².